The monoisotopic (exact) mass is 704 g/mol. The zero-order chi connectivity index (χ0) is 31.5. The van der Waals surface area contributed by atoms with Gasteiger partial charge in [0.25, 0.3) is 0 Å². The van der Waals surface area contributed by atoms with Crippen molar-refractivity contribution in [3.05, 3.63) is 118 Å². The van der Waals surface area contributed by atoms with E-state index < -0.39 is 0 Å². The van der Waals surface area contributed by atoms with Crippen LogP contribution in [0.15, 0.2) is 77.9 Å². The Balaban J connectivity index is 0.000000359. The molecule has 3 aromatic rings. The van der Waals surface area contributed by atoms with Crippen LogP contribution < -0.4 is 24.8 Å². The number of hydrogen-bond acceptors (Lipinski definition) is 0. The molecule has 0 aliphatic heterocycles. The average molecular weight is 707 g/mol. The van der Waals surface area contributed by atoms with Gasteiger partial charge in [-0.3, -0.25) is 6.08 Å². The standard InChI is InChI=1S/C21H25.C12H19.C8H8.2ClH.Zr/c1-20(2,3)16-7-9-18-14(12-16)11-15-13-17(21(4,5)6)8-10-19(15)18;1-6-10-7-9(2)8-11(10)12(3,4)5;1-2-8-6-4-3-5-7-8;;;/h7-10,12H,11H2,1-6H3;8-9H,6H2,1-5H3;3-7H,1H3;2*1H;/q2*-1;;;;+2/p-2. The van der Waals surface area contributed by atoms with Crippen molar-refractivity contribution in [1.29, 1.82) is 0 Å². The van der Waals surface area contributed by atoms with Crippen molar-refractivity contribution in [2.45, 2.75) is 107 Å². The van der Waals surface area contributed by atoms with E-state index in [2.05, 4.69) is 156 Å². The molecule has 0 saturated carbocycles. The maximum absolute atomic E-state index is 3.67. The fourth-order valence-corrected chi connectivity index (χ4v) is 5.87. The van der Waals surface area contributed by atoms with Crippen molar-refractivity contribution in [1.82, 2.24) is 0 Å². The van der Waals surface area contributed by atoms with E-state index in [1.54, 1.807) is 0 Å². The molecule has 0 spiro atoms. The maximum atomic E-state index is 3.67. The summed E-state index contributed by atoms with van der Waals surface area (Å²) in [6.45, 7) is 27.0. The van der Waals surface area contributed by atoms with Crippen molar-refractivity contribution in [2.75, 3.05) is 0 Å². The number of benzene rings is 3. The van der Waals surface area contributed by atoms with Crippen molar-refractivity contribution in [2.24, 2.45) is 11.3 Å². The molecule has 1 atom stereocenters. The third-order valence-corrected chi connectivity index (χ3v) is 8.69. The summed E-state index contributed by atoms with van der Waals surface area (Å²) in [4.78, 5) is 0. The molecular weight excluding hydrogens is 655 g/mol. The van der Waals surface area contributed by atoms with E-state index in [-0.39, 0.29) is 35.6 Å². The molecule has 0 bridgehead atoms. The van der Waals surface area contributed by atoms with Gasteiger partial charge >= 0.3 is 70.3 Å². The molecule has 0 radical (unpaired) electrons. The summed E-state index contributed by atoms with van der Waals surface area (Å²) >= 11 is 1.51. The van der Waals surface area contributed by atoms with E-state index >= 15 is 0 Å². The van der Waals surface area contributed by atoms with Gasteiger partial charge in [0.15, 0.2) is 0 Å². The van der Waals surface area contributed by atoms with E-state index in [0.717, 1.165) is 12.8 Å². The van der Waals surface area contributed by atoms with Gasteiger partial charge in [-0.1, -0.05) is 118 Å². The van der Waals surface area contributed by atoms with Crippen LogP contribution in [0.3, 0.4) is 0 Å². The smallest absolute Gasteiger partial charge is 1.00 e. The van der Waals surface area contributed by atoms with Crippen LogP contribution in [0, 0.1) is 23.5 Å². The van der Waals surface area contributed by atoms with Gasteiger partial charge in [0.05, 0.1) is 0 Å². The van der Waals surface area contributed by atoms with E-state index in [1.165, 1.54) is 77.5 Å². The van der Waals surface area contributed by atoms with E-state index in [9.17, 15) is 0 Å². The number of rotatable bonds is 2. The molecule has 3 heteroatoms. The van der Waals surface area contributed by atoms with Crippen LogP contribution >= 0.6 is 0 Å². The van der Waals surface area contributed by atoms with Gasteiger partial charge in [-0.2, -0.15) is 35.4 Å². The van der Waals surface area contributed by atoms with Crippen molar-refractivity contribution in [3.8, 4) is 11.1 Å². The average Bonchev–Trinajstić information content (AvgIpc) is 3.48. The molecular formula is C41H52Cl2Zr-2. The Morgan fingerprint density at radius 2 is 1.39 bits per heavy atom. The predicted molar refractivity (Wildman–Crippen MR) is 181 cm³/mol. The summed E-state index contributed by atoms with van der Waals surface area (Å²) in [5.74, 6) is 0.522. The Bertz CT molecular complexity index is 1390. The summed E-state index contributed by atoms with van der Waals surface area (Å²) in [6.07, 6.45) is 7.98. The SMILES string of the molecule is CC(C)(C)c1[c-]c2c(cc1)-c1ccc(C(C)(C)C)cc1C2.CCC1=[C-]C(C)C=C1C(C)(C)C.C[C](=[Zr+2])c1ccccc1.[Cl-].[Cl-]. The molecule has 0 saturated heterocycles. The second kappa shape index (κ2) is 16.3. The third kappa shape index (κ3) is 10.8. The first-order valence-corrected chi connectivity index (χ1v) is 16.8. The van der Waals surface area contributed by atoms with Crippen molar-refractivity contribution < 1.29 is 49.0 Å². The minimum atomic E-state index is 0. The molecule has 236 valence electrons. The first-order chi connectivity index (χ1) is 19.4. The molecule has 3 aromatic carbocycles. The van der Waals surface area contributed by atoms with Crippen LogP contribution in [0.4, 0.5) is 0 Å². The molecule has 44 heavy (non-hydrogen) atoms. The number of hydrogen-bond donors (Lipinski definition) is 0. The van der Waals surface area contributed by atoms with Crippen LogP contribution in [0.25, 0.3) is 11.1 Å². The molecule has 0 aromatic heterocycles. The number of allylic oxidation sites excluding steroid dienone is 4. The summed E-state index contributed by atoms with van der Waals surface area (Å²) in [5, 5.41) is 0. The van der Waals surface area contributed by atoms with E-state index in [4.69, 9.17) is 0 Å². The zero-order valence-corrected chi connectivity index (χ0v) is 33.1. The Hall–Kier alpha value is -1.53. The topological polar surface area (TPSA) is 0 Å². The second-order valence-electron chi connectivity index (χ2n) is 14.9. The Kier molecular flexibility index (Phi) is 15.0. The summed E-state index contributed by atoms with van der Waals surface area (Å²) in [6, 6.07) is 25.6. The van der Waals surface area contributed by atoms with Gasteiger partial charge in [-0.15, -0.1) is 11.1 Å². The second-order valence-corrected chi connectivity index (χ2v) is 16.7. The molecule has 0 nitrogen and oxygen atoms in total. The quantitative estimate of drug-likeness (QED) is 0.252. The van der Waals surface area contributed by atoms with Gasteiger partial charge in [-0.25, -0.2) is 5.57 Å². The molecule has 0 N–H and O–H groups in total. The normalized spacial score (nSPS) is 15.1. The first-order valence-electron chi connectivity index (χ1n) is 15.6. The molecule has 0 fully saturated rings. The zero-order valence-electron chi connectivity index (χ0n) is 29.1. The Morgan fingerprint density at radius 3 is 1.84 bits per heavy atom. The summed E-state index contributed by atoms with van der Waals surface area (Å²) in [5.41, 5.74) is 13.3. The molecule has 0 amide bonds. The van der Waals surface area contributed by atoms with E-state index in [1.807, 2.05) is 6.07 Å². The van der Waals surface area contributed by atoms with Gasteiger partial charge < -0.3 is 24.8 Å². The largest absolute Gasteiger partial charge is 1.00 e. The molecule has 2 aliphatic carbocycles. The van der Waals surface area contributed by atoms with Gasteiger partial charge in [-0.05, 0) is 28.4 Å². The maximum Gasteiger partial charge on any atom is -1.00 e. The van der Waals surface area contributed by atoms with Crippen molar-refractivity contribution in [3.63, 3.8) is 0 Å². The fourth-order valence-electron chi connectivity index (χ4n) is 5.46. The van der Waals surface area contributed by atoms with Crippen LogP contribution in [0.2, 0.25) is 0 Å². The molecule has 2 aliphatic rings. The predicted octanol–water partition coefficient (Wildman–Crippen LogP) is 5.18. The minimum Gasteiger partial charge on any atom is -1.00 e. The molecule has 1 unspecified atom stereocenters. The summed E-state index contributed by atoms with van der Waals surface area (Å²) < 4.78 is 1.46. The first kappa shape index (κ1) is 40.5. The minimum absolute atomic E-state index is 0. The van der Waals surface area contributed by atoms with Gasteiger partial charge in [0.2, 0.25) is 0 Å². The van der Waals surface area contributed by atoms with Crippen LogP contribution in [0.5, 0.6) is 0 Å². The van der Waals surface area contributed by atoms with Crippen LogP contribution in [-0.2, 0) is 41.5 Å². The molecule has 5 rings (SSSR count). The van der Waals surface area contributed by atoms with Gasteiger partial charge in [0.1, 0.15) is 0 Å². The van der Waals surface area contributed by atoms with Crippen LogP contribution in [-0.4, -0.2) is 3.21 Å². The van der Waals surface area contributed by atoms with E-state index in [0.29, 0.717) is 11.3 Å². The Morgan fingerprint density at radius 1 is 0.795 bits per heavy atom. The molecule has 0 heterocycles. The van der Waals surface area contributed by atoms with Crippen LogP contribution in [0.1, 0.15) is 117 Å². The number of fused-ring (bicyclic) bond motifs is 3. The summed E-state index contributed by atoms with van der Waals surface area (Å²) in [7, 11) is 0. The van der Waals surface area contributed by atoms with Gasteiger partial charge in [0, 0.05) is 0 Å². The number of halogens is 2. The third-order valence-electron chi connectivity index (χ3n) is 7.98. The van der Waals surface area contributed by atoms with Crippen molar-refractivity contribution >= 4 is 3.21 Å². The Labute approximate surface area is 297 Å². The fraction of sp³-hybridized carbons (Fsp3) is 0.439.